The van der Waals surface area contributed by atoms with E-state index in [2.05, 4.69) is 56.3 Å². The van der Waals surface area contributed by atoms with Gasteiger partial charge in [-0.3, -0.25) is 0 Å². The zero-order valence-corrected chi connectivity index (χ0v) is 11.4. The summed E-state index contributed by atoms with van der Waals surface area (Å²) in [4.78, 5) is 0. The largest absolute Gasteiger partial charge is 0.648 e. The Morgan fingerprint density at radius 3 is 2.29 bits per heavy atom. The molecule has 0 saturated carbocycles. The summed E-state index contributed by atoms with van der Waals surface area (Å²) in [6.45, 7) is 4.38. The first-order chi connectivity index (χ1) is 8.25. The van der Waals surface area contributed by atoms with E-state index in [9.17, 15) is 0 Å². The molecule has 0 unspecified atom stereocenters. The van der Waals surface area contributed by atoms with E-state index in [4.69, 9.17) is 3.79 Å². The highest BCUT2D eigenvalue weighted by Gasteiger charge is 2.04. The normalized spacial score (nSPS) is 10.3. The van der Waals surface area contributed by atoms with Gasteiger partial charge in [-0.25, -0.2) is 0 Å². The van der Waals surface area contributed by atoms with Crippen LogP contribution in [-0.4, -0.2) is 15.6 Å². The maximum Gasteiger partial charge on any atom is 0.526 e. The fraction of sp³-hybridized carbons (Fsp3) is 0.200. The minimum absolute atomic E-state index is 0.0360. The van der Waals surface area contributed by atoms with E-state index in [1.807, 2.05) is 12.1 Å². The lowest BCUT2D eigenvalue weighted by Gasteiger charge is -2.10. The van der Waals surface area contributed by atoms with Gasteiger partial charge >= 0.3 is 15.6 Å². The molecule has 1 nitrogen and oxygen atoms in total. The van der Waals surface area contributed by atoms with Crippen molar-refractivity contribution < 1.29 is 3.79 Å². The second-order valence-corrected chi connectivity index (χ2v) is 6.23. The van der Waals surface area contributed by atoms with Crippen LogP contribution >= 0.6 is 0 Å². The second-order valence-electron chi connectivity index (χ2n) is 4.39. The summed E-state index contributed by atoms with van der Waals surface area (Å²) in [7, 11) is 0. The molecule has 2 rings (SSSR count). The summed E-state index contributed by atoms with van der Waals surface area (Å²) in [5.74, 6) is 0.982. The molecule has 2 aromatic carbocycles. The van der Waals surface area contributed by atoms with Crippen molar-refractivity contribution in [1.29, 1.82) is 0 Å². The lowest BCUT2D eigenvalue weighted by atomic mass is 10.1. The predicted octanol–water partition coefficient (Wildman–Crippen LogP) is 4.18. The van der Waals surface area contributed by atoms with Crippen molar-refractivity contribution in [3.63, 3.8) is 0 Å². The minimum atomic E-state index is 0.0360. The Morgan fingerprint density at radius 1 is 0.882 bits per heavy atom. The van der Waals surface area contributed by atoms with Crippen LogP contribution in [-0.2, 0) is 0 Å². The number of hydrogen-bond acceptors (Lipinski definition) is 1. The van der Waals surface area contributed by atoms with E-state index < -0.39 is 0 Å². The Bertz CT molecular complexity index is 465. The fourth-order valence-corrected chi connectivity index (χ4v) is 2.17. The highest BCUT2D eigenvalue weighted by molar-refractivity contribution is 6.30. The molecule has 2 aromatic rings. The molecule has 2 heteroatoms. The summed E-state index contributed by atoms with van der Waals surface area (Å²) >= 11 is 0.0360. The standard InChI is InChI=1S/C12H10O.C3H7.Al/c13-12-8-4-7-11(9-12)10-5-2-1-3-6-10;1-3-2;/h1-9,13H;3H,1-2H3;/q;;+1/p-1. The van der Waals surface area contributed by atoms with Crippen molar-refractivity contribution in [2.24, 2.45) is 0 Å². The molecule has 0 heterocycles. The smallest absolute Gasteiger partial charge is 0.526 e. The monoisotopic (exact) mass is 239 g/mol. The molecule has 0 fully saturated rings. The van der Waals surface area contributed by atoms with Crippen molar-refractivity contribution in [3.05, 3.63) is 54.6 Å². The van der Waals surface area contributed by atoms with Gasteiger partial charge < -0.3 is 3.79 Å². The maximum atomic E-state index is 5.81. The van der Waals surface area contributed by atoms with Crippen LogP contribution in [0.4, 0.5) is 0 Å². The van der Waals surface area contributed by atoms with Gasteiger partial charge in [0.2, 0.25) is 0 Å². The summed E-state index contributed by atoms with van der Waals surface area (Å²) in [6.07, 6.45) is 0. The first-order valence-corrected chi connectivity index (χ1v) is 7.05. The van der Waals surface area contributed by atoms with E-state index >= 15 is 0 Å². The number of hydrogen-bond donors (Lipinski definition) is 0. The molecule has 0 saturated heterocycles. The molecule has 0 aliphatic carbocycles. The molecule has 0 N–H and O–H groups in total. The highest BCUT2D eigenvalue weighted by atomic mass is 27.1. The third-order valence-corrected chi connectivity index (χ3v) is 3.37. The van der Waals surface area contributed by atoms with E-state index in [0.29, 0.717) is 4.78 Å². The van der Waals surface area contributed by atoms with Crippen molar-refractivity contribution in [2.75, 3.05) is 0 Å². The average molecular weight is 239 g/mol. The van der Waals surface area contributed by atoms with Crippen LogP contribution < -0.4 is 3.79 Å². The van der Waals surface area contributed by atoms with Gasteiger partial charge in [0.25, 0.3) is 0 Å². The molecule has 17 heavy (non-hydrogen) atoms. The zero-order valence-electron chi connectivity index (χ0n) is 10.3. The predicted molar refractivity (Wildman–Crippen MR) is 73.4 cm³/mol. The van der Waals surface area contributed by atoms with Crippen LogP contribution in [0.5, 0.6) is 5.75 Å². The van der Waals surface area contributed by atoms with Gasteiger partial charge in [0.05, 0.1) is 5.75 Å². The minimum Gasteiger partial charge on any atom is -0.648 e. The molecule has 0 aliphatic heterocycles. The van der Waals surface area contributed by atoms with Gasteiger partial charge in [0.15, 0.2) is 0 Å². The molecule has 0 aliphatic rings. The van der Waals surface area contributed by atoms with Crippen LogP contribution in [0.25, 0.3) is 11.1 Å². The molecular weight excluding hydrogens is 223 g/mol. The summed E-state index contributed by atoms with van der Waals surface area (Å²) in [5.41, 5.74) is 2.45. The Labute approximate surface area is 109 Å². The molecule has 1 radical (unpaired) electrons. The van der Waals surface area contributed by atoms with Gasteiger partial charge in [-0.1, -0.05) is 61.1 Å². The first kappa shape index (κ1) is 12.2. The highest BCUT2D eigenvalue weighted by Crippen LogP contribution is 2.23. The van der Waals surface area contributed by atoms with Crippen LogP contribution in [0.2, 0.25) is 4.78 Å². The first-order valence-electron chi connectivity index (χ1n) is 5.91. The van der Waals surface area contributed by atoms with Gasteiger partial charge in [0, 0.05) is 0 Å². The Morgan fingerprint density at radius 2 is 1.59 bits per heavy atom. The van der Waals surface area contributed by atoms with E-state index in [1.165, 1.54) is 11.1 Å². The lowest BCUT2D eigenvalue weighted by molar-refractivity contribution is 0.581. The number of rotatable bonds is 4. The zero-order chi connectivity index (χ0) is 12.1. The van der Waals surface area contributed by atoms with Crippen molar-refractivity contribution >= 4 is 15.6 Å². The molecule has 85 valence electrons. The Balaban J connectivity index is 2.17. The second kappa shape index (κ2) is 5.91. The average Bonchev–Trinajstić information content (AvgIpc) is 2.38. The SMILES string of the molecule is C[CH](C)[Al][O]c1cccc(-c2ccccc2)c1. The Hall–Kier alpha value is -1.23. The molecule has 0 amide bonds. The van der Waals surface area contributed by atoms with Crippen LogP contribution in [0, 0.1) is 0 Å². The van der Waals surface area contributed by atoms with Gasteiger partial charge in [0.1, 0.15) is 0 Å². The molecule has 0 aromatic heterocycles. The van der Waals surface area contributed by atoms with Crippen molar-refractivity contribution in [2.45, 2.75) is 18.6 Å². The van der Waals surface area contributed by atoms with Crippen LogP contribution in [0.3, 0.4) is 0 Å². The van der Waals surface area contributed by atoms with Gasteiger partial charge in [-0.15, -0.1) is 0 Å². The summed E-state index contributed by atoms with van der Waals surface area (Å²) in [5, 5.41) is 0. The Kier molecular flexibility index (Phi) is 4.25. The third kappa shape index (κ3) is 3.63. The fourth-order valence-electron chi connectivity index (χ4n) is 1.59. The van der Waals surface area contributed by atoms with Gasteiger partial charge in [-0.2, -0.15) is 0 Å². The topological polar surface area (TPSA) is 9.23 Å². The van der Waals surface area contributed by atoms with E-state index in [-0.39, 0.29) is 15.6 Å². The summed E-state index contributed by atoms with van der Waals surface area (Å²) in [6, 6.07) is 18.7. The van der Waals surface area contributed by atoms with Crippen LogP contribution in [0.1, 0.15) is 13.8 Å². The lowest BCUT2D eigenvalue weighted by Crippen LogP contribution is -2.05. The third-order valence-electron chi connectivity index (χ3n) is 2.42. The summed E-state index contributed by atoms with van der Waals surface area (Å²) < 4.78 is 6.45. The van der Waals surface area contributed by atoms with Crippen LogP contribution in [0.15, 0.2) is 54.6 Å². The van der Waals surface area contributed by atoms with E-state index in [0.717, 1.165) is 5.75 Å². The van der Waals surface area contributed by atoms with E-state index in [1.54, 1.807) is 0 Å². The van der Waals surface area contributed by atoms with Gasteiger partial charge in [-0.05, 0) is 23.3 Å². The molecular formula is C15H16AlO. The quantitative estimate of drug-likeness (QED) is 0.727. The molecule has 0 bridgehead atoms. The number of benzene rings is 2. The molecule has 0 spiro atoms. The molecule has 0 atom stereocenters. The van der Waals surface area contributed by atoms with Crippen molar-refractivity contribution in [1.82, 2.24) is 0 Å². The van der Waals surface area contributed by atoms with Crippen molar-refractivity contribution in [3.8, 4) is 16.9 Å². The maximum absolute atomic E-state index is 5.81.